The number of carbonyl (C=O) groups is 1. The standard InChI is InChI=1S/C12H16O3/c1-9-5-6-10(8-13)11(7-9)15-12(2,3)14-4/h5-8H,1-4H3. The summed E-state index contributed by atoms with van der Waals surface area (Å²) in [7, 11) is 1.57. The summed E-state index contributed by atoms with van der Waals surface area (Å²) in [4.78, 5) is 10.8. The number of hydrogen-bond acceptors (Lipinski definition) is 3. The minimum absolute atomic E-state index is 0.533. The van der Waals surface area contributed by atoms with Crippen LogP contribution in [-0.2, 0) is 4.74 Å². The molecule has 0 unspecified atom stereocenters. The van der Waals surface area contributed by atoms with Crippen molar-refractivity contribution in [2.24, 2.45) is 0 Å². The molecule has 0 bridgehead atoms. The molecule has 3 heteroatoms. The van der Waals surface area contributed by atoms with Crippen LogP contribution in [0.5, 0.6) is 5.75 Å². The molecule has 0 heterocycles. The van der Waals surface area contributed by atoms with Crippen LogP contribution < -0.4 is 4.74 Å². The monoisotopic (exact) mass is 208 g/mol. The van der Waals surface area contributed by atoms with E-state index in [0.29, 0.717) is 11.3 Å². The van der Waals surface area contributed by atoms with Gasteiger partial charge in [0.15, 0.2) is 6.29 Å². The van der Waals surface area contributed by atoms with Crippen LogP contribution in [0.4, 0.5) is 0 Å². The third-order valence-corrected chi connectivity index (χ3v) is 2.14. The molecule has 1 rings (SSSR count). The van der Waals surface area contributed by atoms with Gasteiger partial charge >= 0.3 is 0 Å². The maximum atomic E-state index is 10.8. The van der Waals surface area contributed by atoms with E-state index in [1.54, 1.807) is 27.0 Å². The van der Waals surface area contributed by atoms with Gasteiger partial charge in [-0.15, -0.1) is 0 Å². The first-order valence-electron chi connectivity index (χ1n) is 4.78. The summed E-state index contributed by atoms with van der Waals surface area (Å²) in [5.41, 5.74) is 1.58. The summed E-state index contributed by atoms with van der Waals surface area (Å²) >= 11 is 0. The third-order valence-electron chi connectivity index (χ3n) is 2.14. The molecule has 15 heavy (non-hydrogen) atoms. The van der Waals surface area contributed by atoms with E-state index in [1.807, 2.05) is 19.1 Å². The van der Waals surface area contributed by atoms with Crippen molar-refractivity contribution in [3.63, 3.8) is 0 Å². The SMILES string of the molecule is COC(C)(C)Oc1cc(C)ccc1C=O. The molecule has 0 N–H and O–H groups in total. The van der Waals surface area contributed by atoms with E-state index < -0.39 is 5.79 Å². The number of hydrogen-bond donors (Lipinski definition) is 0. The van der Waals surface area contributed by atoms with Crippen molar-refractivity contribution in [2.75, 3.05) is 7.11 Å². The number of rotatable bonds is 4. The molecule has 0 radical (unpaired) electrons. The summed E-state index contributed by atoms with van der Waals surface area (Å²) in [5.74, 6) is -0.178. The lowest BCUT2D eigenvalue weighted by Crippen LogP contribution is -2.30. The molecule has 0 saturated carbocycles. The van der Waals surface area contributed by atoms with Crippen LogP contribution in [-0.4, -0.2) is 19.2 Å². The predicted molar refractivity (Wildman–Crippen MR) is 58.3 cm³/mol. The molecular formula is C12H16O3. The van der Waals surface area contributed by atoms with Gasteiger partial charge in [0.05, 0.1) is 5.56 Å². The summed E-state index contributed by atoms with van der Waals surface area (Å²) in [5, 5.41) is 0. The molecule has 0 aliphatic heterocycles. The first-order valence-corrected chi connectivity index (χ1v) is 4.78. The highest BCUT2D eigenvalue weighted by Gasteiger charge is 2.19. The molecule has 0 aliphatic carbocycles. The van der Waals surface area contributed by atoms with E-state index in [0.717, 1.165) is 11.8 Å². The maximum Gasteiger partial charge on any atom is 0.204 e. The average molecular weight is 208 g/mol. The van der Waals surface area contributed by atoms with Crippen molar-refractivity contribution in [3.05, 3.63) is 29.3 Å². The molecule has 0 spiro atoms. The molecule has 0 fully saturated rings. The van der Waals surface area contributed by atoms with Crippen LogP contribution in [0.25, 0.3) is 0 Å². The van der Waals surface area contributed by atoms with Gasteiger partial charge in [0.25, 0.3) is 0 Å². The van der Waals surface area contributed by atoms with E-state index in [2.05, 4.69) is 0 Å². The van der Waals surface area contributed by atoms with Gasteiger partial charge in [-0.05, 0) is 24.6 Å². The first kappa shape index (κ1) is 11.7. The van der Waals surface area contributed by atoms with Crippen molar-refractivity contribution in [2.45, 2.75) is 26.6 Å². The molecule has 0 aromatic heterocycles. The second-order valence-corrected chi connectivity index (χ2v) is 3.87. The summed E-state index contributed by atoms with van der Waals surface area (Å²) < 4.78 is 10.7. The van der Waals surface area contributed by atoms with Crippen LogP contribution in [0.2, 0.25) is 0 Å². The zero-order valence-corrected chi connectivity index (χ0v) is 9.53. The van der Waals surface area contributed by atoms with Crippen molar-refractivity contribution >= 4 is 6.29 Å². The Morgan fingerprint density at radius 1 is 1.33 bits per heavy atom. The van der Waals surface area contributed by atoms with Crippen LogP contribution in [0.15, 0.2) is 18.2 Å². The van der Waals surface area contributed by atoms with Gasteiger partial charge in [0, 0.05) is 21.0 Å². The predicted octanol–water partition coefficient (Wildman–Crippen LogP) is 2.57. The highest BCUT2D eigenvalue weighted by molar-refractivity contribution is 5.79. The molecule has 82 valence electrons. The normalized spacial score (nSPS) is 11.2. The highest BCUT2D eigenvalue weighted by atomic mass is 16.7. The minimum atomic E-state index is -0.731. The quantitative estimate of drug-likeness (QED) is 0.563. The summed E-state index contributed by atoms with van der Waals surface area (Å²) in [6, 6.07) is 5.43. The van der Waals surface area contributed by atoms with Crippen molar-refractivity contribution in [1.29, 1.82) is 0 Å². The number of aldehydes is 1. The van der Waals surface area contributed by atoms with Gasteiger partial charge in [-0.1, -0.05) is 6.07 Å². The number of ether oxygens (including phenoxy) is 2. The van der Waals surface area contributed by atoms with Crippen molar-refractivity contribution < 1.29 is 14.3 Å². The van der Waals surface area contributed by atoms with Crippen molar-refractivity contribution in [1.82, 2.24) is 0 Å². The lowest BCUT2D eigenvalue weighted by Gasteiger charge is -2.25. The van der Waals surface area contributed by atoms with Gasteiger partial charge in [-0.2, -0.15) is 0 Å². The Bertz CT molecular complexity index is 356. The molecule has 0 saturated heterocycles. The summed E-state index contributed by atoms with van der Waals surface area (Å²) in [6.07, 6.45) is 0.778. The second-order valence-electron chi connectivity index (χ2n) is 3.87. The number of aryl methyl sites for hydroxylation is 1. The van der Waals surface area contributed by atoms with Gasteiger partial charge in [-0.3, -0.25) is 4.79 Å². The minimum Gasteiger partial charge on any atom is -0.462 e. The molecule has 1 aromatic carbocycles. The topological polar surface area (TPSA) is 35.5 Å². The number of benzene rings is 1. The fourth-order valence-corrected chi connectivity index (χ4v) is 1.13. The van der Waals surface area contributed by atoms with Crippen LogP contribution in [0, 0.1) is 6.92 Å². The first-order chi connectivity index (χ1) is 6.98. The van der Waals surface area contributed by atoms with E-state index in [-0.39, 0.29) is 0 Å². The van der Waals surface area contributed by atoms with E-state index in [1.165, 1.54) is 0 Å². The fraction of sp³-hybridized carbons (Fsp3) is 0.417. The largest absolute Gasteiger partial charge is 0.462 e. The molecule has 1 aromatic rings. The van der Waals surface area contributed by atoms with E-state index >= 15 is 0 Å². The summed E-state index contributed by atoms with van der Waals surface area (Å²) in [6.45, 7) is 5.54. The smallest absolute Gasteiger partial charge is 0.204 e. The van der Waals surface area contributed by atoms with Crippen molar-refractivity contribution in [3.8, 4) is 5.75 Å². The maximum absolute atomic E-state index is 10.8. The molecule has 3 nitrogen and oxygen atoms in total. The third kappa shape index (κ3) is 3.06. The van der Waals surface area contributed by atoms with Gasteiger partial charge in [-0.25, -0.2) is 0 Å². The molecule has 0 atom stereocenters. The van der Waals surface area contributed by atoms with E-state index in [9.17, 15) is 4.79 Å². The van der Waals surface area contributed by atoms with Gasteiger partial charge in [0.2, 0.25) is 5.79 Å². The molecule has 0 aliphatic rings. The lowest BCUT2D eigenvalue weighted by atomic mass is 10.1. The Labute approximate surface area is 90.0 Å². The molecule has 0 amide bonds. The number of methoxy groups -OCH3 is 1. The lowest BCUT2D eigenvalue weighted by molar-refractivity contribution is -0.134. The highest BCUT2D eigenvalue weighted by Crippen LogP contribution is 2.23. The van der Waals surface area contributed by atoms with Crippen LogP contribution in [0.1, 0.15) is 29.8 Å². The second kappa shape index (κ2) is 4.45. The van der Waals surface area contributed by atoms with Crippen LogP contribution >= 0.6 is 0 Å². The Kier molecular flexibility index (Phi) is 3.48. The van der Waals surface area contributed by atoms with Gasteiger partial charge in [0.1, 0.15) is 5.75 Å². The van der Waals surface area contributed by atoms with Gasteiger partial charge < -0.3 is 9.47 Å². The number of carbonyl (C=O) groups excluding carboxylic acids is 1. The average Bonchev–Trinajstić information content (AvgIpc) is 2.18. The Balaban J connectivity index is 3.02. The zero-order valence-electron chi connectivity index (χ0n) is 9.53. The zero-order chi connectivity index (χ0) is 11.5. The Hall–Kier alpha value is -1.35. The van der Waals surface area contributed by atoms with E-state index in [4.69, 9.17) is 9.47 Å². The fourth-order valence-electron chi connectivity index (χ4n) is 1.13. The molecular weight excluding hydrogens is 192 g/mol. The van der Waals surface area contributed by atoms with Crippen LogP contribution in [0.3, 0.4) is 0 Å². The Morgan fingerprint density at radius 2 is 2.00 bits per heavy atom. The Morgan fingerprint density at radius 3 is 2.53 bits per heavy atom.